The van der Waals surface area contributed by atoms with Crippen molar-refractivity contribution in [1.82, 2.24) is 0 Å². The highest BCUT2D eigenvalue weighted by molar-refractivity contribution is 7.99. The van der Waals surface area contributed by atoms with Crippen LogP contribution >= 0.6 is 23.1 Å². The third kappa shape index (κ3) is 2.94. The molecule has 1 aromatic rings. The van der Waals surface area contributed by atoms with Crippen molar-refractivity contribution in [3.63, 3.8) is 0 Å². The van der Waals surface area contributed by atoms with Gasteiger partial charge < -0.3 is 9.84 Å². The largest absolute Gasteiger partial charge is 0.387 e. The Morgan fingerprint density at radius 3 is 2.75 bits per heavy atom. The molecule has 112 valence electrons. The lowest BCUT2D eigenvalue weighted by Gasteiger charge is -2.44. The number of hydrogen-bond acceptors (Lipinski definition) is 4. The minimum Gasteiger partial charge on any atom is -0.387 e. The van der Waals surface area contributed by atoms with Crippen molar-refractivity contribution in [3.8, 4) is 0 Å². The predicted molar refractivity (Wildman–Crippen MR) is 86.7 cm³/mol. The minimum absolute atomic E-state index is 0.0660. The molecule has 0 bridgehead atoms. The summed E-state index contributed by atoms with van der Waals surface area (Å²) in [6, 6.07) is 2.17. The first-order chi connectivity index (χ1) is 9.60. The van der Waals surface area contributed by atoms with E-state index >= 15 is 0 Å². The Labute approximate surface area is 129 Å². The van der Waals surface area contributed by atoms with E-state index in [2.05, 4.69) is 19.9 Å². The number of aliphatic hydroxyl groups is 1. The van der Waals surface area contributed by atoms with Crippen molar-refractivity contribution in [1.29, 1.82) is 0 Å². The third-order valence-electron chi connectivity index (χ3n) is 4.86. The fraction of sp³-hybridized carbons (Fsp3) is 0.750. The van der Waals surface area contributed by atoms with Crippen molar-refractivity contribution in [2.75, 3.05) is 18.1 Å². The second-order valence-corrected chi connectivity index (χ2v) is 8.74. The molecule has 0 aromatic carbocycles. The predicted octanol–water partition coefficient (Wildman–Crippen LogP) is 4.09. The lowest BCUT2D eigenvalue weighted by molar-refractivity contribution is -0.120. The summed E-state index contributed by atoms with van der Waals surface area (Å²) in [4.78, 5) is 2.47. The second-order valence-electron chi connectivity index (χ2n) is 6.23. The minimum atomic E-state index is -0.303. The van der Waals surface area contributed by atoms with Gasteiger partial charge in [-0.25, -0.2) is 0 Å². The molecular weight excluding hydrogens is 288 g/mol. The molecular formula is C16H24O2S2. The summed E-state index contributed by atoms with van der Waals surface area (Å²) in [5.41, 5.74) is 1.37. The van der Waals surface area contributed by atoms with Gasteiger partial charge in [-0.1, -0.05) is 0 Å². The van der Waals surface area contributed by atoms with Crippen LogP contribution in [0.4, 0.5) is 0 Å². The van der Waals surface area contributed by atoms with Crippen molar-refractivity contribution in [2.24, 2.45) is 5.92 Å². The average molecular weight is 312 g/mol. The molecule has 2 nitrogen and oxygen atoms in total. The second kappa shape index (κ2) is 5.99. The summed E-state index contributed by atoms with van der Waals surface area (Å²) in [5.74, 6) is 2.78. The Bertz CT molecular complexity index is 438. The van der Waals surface area contributed by atoms with Gasteiger partial charge >= 0.3 is 0 Å². The van der Waals surface area contributed by atoms with E-state index in [0.29, 0.717) is 5.92 Å². The maximum absolute atomic E-state index is 10.7. The van der Waals surface area contributed by atoms with Gasteiger partial charge in [0, 0.05) is 16.4 Å². The number of aryl methyl sites for hydroxylation is 2. The lowest BCUT2D eigenvalue weighted by atomic mass is 9.79. The van der Waals surface area contributed by atoms with E-state index in [0.717, 1.165) is 37.2 Å². The first kappa shape index (κ1) is 14.9. The molecule has 0 amide bonds. The summed E-state index contributed by atoms with van der Waals surface area (Å²) in [7, 11) is 0. The van der Waals surface area contributed by atoms with Gasteiger partial charge in [-0.3, -0.25) is 0 Å². The van der Waals surface area contributed by atoms with Crippen LogP contribution in [0, 0.1) is 19.8 Å². The summed E-state index contributed by atoms with van der Waals surface area (Å²) >= 11 is 3.79. The summed E-state index contributed by atoms with van der Waals surface area (Å²) in [6.07, 6.45) is 4.03. The van der Waals surface area contributed by atoms with Crippen molar-refractivity contribution in [2.45, 2.75) is 51.2 Å². The lowest BCUT2D eigenvalue weighted by Crippen LogP contribution is -2.44. The number of ether oxygens (including phenoxy) is 1. The molecule has 1 aromatic heterocycles. The molecule has 2 fully saturated rings. The number of aliphatic hydroxyl groups excluding tert-OH is 1. The molecule has 20 heavy (non-hydrogen) atoms. The summed E-state index contributed by atoms with van der Waals surface area (Å²) < 4.78 is 6.13. The van der Waals surface area contributed by atoms with Gasteiger partial charge in [0.2, 0.25) is 0 Å². The van der Waals surface area contributed by atoms with Crippen molar-refractivity contribution >= 4 is 23.1 Å². The quantitative estimate of drug-likeness (QED) is 0.892. The molecule has 0 aliphatic carbocycles. The summed E-state index contributed by atoms with van der Waals surface area (Å²) in [6.45, 7) is 5.08. The third-order valence-corrected chi connectivity index (χ3v) is 7.07. The van der Waals surface area contributed by atoms with E-state index in [1.165, 1.54) is 21.9 Å². The Hall–Kier alpha value is -0.0300. The van der Waals surface area contributed by atoms with Crippen LogP contribution in [-0.2, 0) is 4.74 Å². The van der Waals surface area contributed by atoms with E-state index in [1.807, 2.05) is 11.8 Å². The van der Waals surface area contributed by atoms with Gasteiger partial charge in [-0.15, -0.1) is 11.3 Å². The molecule has 3 heterocycles. The number of thioether (sulfide) groups is 1. The molecule has 2 aliphatic heterocycles. The van der Waals surface area contributed by atoms with Gasteiger partial charge in [-0.05, 0) is 68.6 Å². The van der Waals surface area contributed by atoms with Gasteiger partial charge in [0.25, 0.3) is 0 Å². The molecule has 2 unspecified atom stereocenters. The summed E-state index contributed by atoms with van der Waals surface area (Å²) in [5, 5.41) is 10.7. The van der Waals surface area contributed by atoms with Crippen LogP contribution in [0.3, 0.4) is 0 Å². The monoisotopic (exact) mass is 312 g/mol. The van der Waals surface area contributed by atoms with Crippen LogP contribution in [-0.4, -0.2) is 28.8 Å². The first-order valence-electron chi connectivity index (χ1n) is 7.56. The van der Waals surface area contributed by atoms with E-state index < -0.39 is 0 Å². The SMILES string of the molecule is Cc1cc(C(O)C2CCOC3(CCSCC3)C2)sc1C. The fourth-order valence-electron chi connectivity index (χ4n) is 3.41. The van der Waals surface area contributed by atoms with Crippen LogP contribution in [0.15, 0.2) is 6.07 Å². The normalized spacial score (nSPS) is 27.6. The van der Waals surface area contributed by atoms with E-state index in [4.69, 9.17) is 4.74 Å². The molecule has 0 saturated carbocycles. The number of rotatable bonds is 2. The van der Waals surface area contributed by atoms with Gasteiger partial charge in [0.15, 0.2) is 0 Å². The maximum Gasteiger partial charge on any atom is 0.0912 e. The van der Waals surface area contributed by atoms with E-state index in [1.54, 1.807) is 11.3 Å². The average Bonchev–Trinajstić information content (AvgIpc) is 2.79. The fourth-order valence-corrected chi connectivity index (χ4v) is 5.77. The Morgan fingerprint density at radius 1 is 1.35 bits per heavy atom. The molecule has 2 saturated heterocycles. The van der Waals surface area contributed by atoms with Crippen molar-refractivity contribution < 1.29 is 9.84 Å². The molecule has 3 rings (SSSR count). The van der Waals surface area contributed by atoms with Crippen LogP contribution in [0.2, 0.25) is 0 Å². The van der Waals surface area contributed by atoms with Gasteiger partial charge in [0.1, 0.15) is 0 Å². The first-order valence-corrected chi connectivity index (χ1v) is 9.53. The van der Waals surface area contributed by atoms with Crippen LogP contribution in [0.5, 0.6) is 0 Å². The highest BCUT2D eigenvalue weighted by Crippen LogP contribution is 2.44. The Balaban J connectivity index is 1.72. The number of hydrogen-bond donors (Lipinski definition) is 1. The molecule has 2 atom stereocenters. The van der Waals surface area contributed by atoms with Crippen LogP contribution in [0.1, 0.15) is 47.1 Å². The van der Waals surface area contributed by atoms with Gasteiger partial charge in [0.05, 0.1) is 11.7 Å². The maximum atomic E-state index is 10.7. The molecule has 1 spiro atoms. The van der Waals surface area contributed by atoms with Gasteiger partial charge in [-0.2, -0.15) is 11.8 Å². The van der Waals surface area contributed by atoms with Crippen LogP contribution < -0.4 is 0 Å². The standard InChI is InChI=1S/C16H24O2S2/c1-11-9-14(20-12(11)2)15(17)13-3-6-18-16(10-13)4-7-19-8-5-16/h9,13,15,17H,3-8,10H2,1-2H3. The zero-order chi connectivity index (χ0) is 14.2. The molecule has 2 aliphatic rings. The Kier molecular flexibility index (Phi) is 4.46. The molecule has 4 heteroatoms. The zero-order valence-electron chi connectivity index (χ0n) is 12.4. The van der Waals surface area contributed by atoms with E-state index in [-0.39, 0.29) is 11.7 Å². The number of thiophene rings is 1. The smallest absolute Gasteiger partial charge is 0.0912 e. The Morgan fingerprint density at radius 2 is 2.10 bits per heavy atom. The molecule has 0 radical (unpaired) electrons. The highest BCUT2D eigenvalue weighted by atomic mass is 32.2. The highest BCUT2D eigenvalue weighted by Gasteiger charge is 2.41. The molecule has 1 N–H and O–H groups in total. The zero-order valence-corrected chi connectivity index (χ0v) is 14.0. The van der Waals surface area contributed by atoms with Crippen LogP contribution in [0.25, 0.3) is 0 Å². The topological polar surface area (TPSA) is 29.5 Å². The van der Waals surface area contributed by atoms with Crippen molar-refractivity contribution in [3.05, 3.63) is 21.4 Å². The van der Waals surface area contributed by atoms with E-state index in [9.17, 15) is 5.11 Å².